The van der Waals surface area contributed by atoms with Crippen molar-refractivity contribution in [2.75, 3.05) is 5.32 Å². The lowest BCUT2D eigenvalue weighted by Crippen LogP contribution is -2.14. The van der Waals surface area contributed by atoms with Gasteiger partial charge in [0.05, 0.1) is 22.5 Å². The molecule has 0 spiro atoms. The Labute approximate surface area is 105 Å². The molecule has 94 valence electrons. The van der Waals surface area contributed by atoms with E-state index >= 15 is 0 Å². The van der Waals surface area contributed by atoms with Gasteiger partial charge >= 0.3 is 0 Å². The Morgan fingerprint density at radius 2 is 2.28 bits per heavy atom. The molecule has 0 atom stereocenters. The van der Waals surface area contributed by atoms with Gasteiger partial charge in [-0.3, -0.25) is 10.1 Å². The normalized spacial score (nSPS) is 10.3. The summed E-state index contributed by atoms with van der Waals surface area (Å²) in [6.07, 6.45) is 0. The maximum atomic E-state index is 11.9. The average molecular weight is 269 g/mol. The summed E-state index contributed by atoms with van der Waals surface area (Å²) in [5.74, 6) is -0.308. The second-order valence-corrected chi connectivity index (χ2v) is 3.67. The zero-order valence-electron chi connectivity index (χ0n) is 8.73. The number of rotatable bonds is 5. The molecule has 0 radical (unpaired) electrons. The highest BCUT2D eigenvalue weighted by Crippen LogP contribution is 2.23. The zero-order chi connectivity index (χ0) is 12.8. The molecule has 1 amide bonds. The second kappa shape index (κ2) is 6.07. The Balaban J connectivity index is 2.13. The molecule has 0 aliphatic heterocycles. The van der Waals surface area contributed by atoms with Crippen LogP contribution in [0.3, 0.4) is 0 Å². The van der Waals surface area contributed by atoms with Crippen molar-refractivity contribution in [3.8, 4) is 0 Å². The molecule has 1 heterocycles. The Morgan fingerprint density at radius 1 is 1.44 bits per heavy atom. The maximum Gasteiger partial charge on any atom is 0.259 e. The van der Waals surface area contributed by atoms with E-state index in [2.05, 4.69) is 35.3 Å². The predicted molar refractivity (Wildman–Crippen MR) is 59.2 cm³/mol. The van der Waals surface area contributed by atoms with Crippen LogP contribution in [0.15, 0.2) is 29.2 Å². The van der Waals surface area contributed by atoms with Crippen molar-refractivity contribution < 1.29 is 19.4 Å². The minimum atomic E-state index is -0.432. The lowest BCUT2D eigenvalue weighted by molar-refractivity contribution is -0.432. The Kier molecular flexibility index (Phi) is 4.20. The van der Waals surface area contributed by atoms with Crippen LogP contribution in [0.25, 0.3) is 0 Å². The molecule has 1 aromatic heterocycles. The Bertz CT molecular complexity index is 520. The monoisotopic (exact) mass is 269 g/mol. The van der Waals surface area contributed by atoms with Crippen LogP contribution in [-0.4, -0.2) is 31.8 Å². The van der Waals surface area contributed by atoms with E-state index in [9.17, 15) is 4.79 Å². The zero-order valence-corrected chi connectivity index (χ0v) is 9.55. The SMILES string of the molecule is O=C(Nc1nnn[nH]1)c1ccccc1SOOO. The lowest BCUT2D eigenvalue weighted by atomic mass is 10.2. The van der Waals surface area contributed by atoms with E-state index < -0.39 is 5.91 Å². The summed E-state index contributed by atoms with van der Waals surface area (Å²) in [5, 5.41) is 26.6. The van der Waals surface area contributed by atoms with Gasteiger partial charge in [-0.15, -0.1) is 4.33 Å². The number of hydrogen-bond donors (Lipinski definition) is 3. The van der Waals surface area contributed by atoms with E-state index in [-0.39, 0.29) is 5.95 Å². The van der Waals surface area contributed by atoms with Crippen LogP contribution in [-0.2, 0) is 9.37 Å². The third-order valence-corrected chi connectivity index (χ3v) is 2.53. The minimum absolute atomic E-state index is 0.124. The van der Waals surface area contributed by atoms with Crippen LogP contribution in [0.4, 0.5) is 5.95 Å². The van der Waals surface area contributed by atoms with Gasteiger partial charge in [0.1, 0.15) is 0 Å². The van der Waals surface area contributed by atoms with Gasteiger partial charge in [0.25, 0.3) is 5.91 Å². The van der Waals surface area contributed by atoms with Gasteiger partial charge < -0.3 is 0 Å². The summed E-state index contributed by atoms with van der Waals surface area (Å²) in [6, 6.07) is 6.58. The number of aromatic nitrogens is 4. The van der Waals surface area contributed by atoms with E-state index in [4.69, 9.17) is 5.26 Å². The molecule has 10 heteroatoms. The summed E-state index contributed by atoms with van der Waals surface area (Å²) >= 11 is 0.693. The fourth-order valence-electron chi connectivity index (χ4n) is 1.17. The summed E-state index contributed by atoms with van der Waals surface area (Å²) in [5.41, 5.74) is 0.316. The molecule has 9 nitrogen and oxygen atoms in total. The first-order valence-electron chi connectivity index (χ1n) is 4.60. The summed E-state index contributed by atoms with van der Waals surface area (Å²) < 4.78 is 4.29. The quantitative estimate of drug-likeness (QED) is 0.415. The van der Waals surface area contributed by atoms with Gasteiger partial charge in [0.15, 0.2) is 0 Å². The first kappa shape index (κ1) is 12.4. The van der Waals surface area contributed by atoms with Crippen LogP contribution in [0, 0.1) is 0 Å². The fraction of sp³-hybridized carbons (Fsp3) is 0. The smallest absolute Gasteiger partial charge is 0.259 e. The summed E-state index contributed by atoms with van der Waals surface area (Å²) in [4.78, 5) is 12.4. The van der Waals surface area contributed by atoms with Crippen molar-refractivity contribution >= 4 is 23.9 Å². The minimum Gasteiger partial charge on any atom is -0.289 e. The predicted octanol–water partition coefficient (Wildman–Crippen LogP) is 0.880. The molecule has 2 rings (SSSR count). The van der Waals surface area contributed by atoms with Gasteiger partial charge in [-0.2, -0.15) is 0 Å². The average Bonchev–Trinajstić information content (AvgIpc) is 2.89. The number of carbonyl (C=O) groups excluding carboxylic acids is 1. The number of nitrogens with zero attached hydrogens (tertiary/aromatic N) is 3. The molecular formula is C8H7N5O4S. The van der Waals surface area contributed by atoms with Gasteiger partial charge in [-0.1, -0.05) is 22.3 Å². The molecule has 0 unspecified atom stereocenters. The first-order valence-corrected chi connectivity index (χ1v) is 5.34. The summed E-state index contributed by atoms with van der Waals surface area (Å²) in [6.45, 7) is 0. The molecule has 0 saturated carbocycles. The second-order valence-electron chi connectivity index (χ2n) is 2.93. The topological polar surface area (TPSA) is 122 Å². The molecule has 0 fully saturated rings. The summed E-state index contributed by atoms with van der Waals surface area (Å²) in [7, 11) is 0. The van der Waals surface area contributed by atoms with Crippen molar-refractivity contribution in [3.05, 3.63) is 29.8 Å². The number of amides is 1. The molecular weight excluding hydrogens is 262 g/mol. The number of carbonyl (C=O) groups is 1. The van der Waals surface area contributed by atoms with Crippen molar-refractivity contribution in [3.63, 3.8) is 0 Å². The molecule has 1 aromatic carbocycles. The van der Waals surface area contributed by atoms with Crippen molar-refractivity contribution in [2.45, 2.75) is 4.90 Å². The number of nitrogens with one attached hydrogen (secondary N) is 2. The standard InChI is InChI=1S/C8H7N5O4S/c14-7(9-8-10-12-13-11-8)5-3-1-2-4-6(5)18-17-16-15/h1-4,15H,(H2,9,10,11,12,13,14). The highest BCUT2D eigenvalue weighted by molar-refractivity contribution is 7.94. The van der Waals surface area contributed by atoms with E-state index in [1.807, 2.05) is 0 Å². The van der Waals surface area contributed by atoms with Crippen LogP contribution in [0.2, 0.25) is 0 Å². The van der Waals surface area contributed by atoms with E-state index in [0.717, 1.165) is 0 Å². The lowest BCUT2D eigenvalue weighted by Gasteiger charge is -2.05. The maximum absolute atomic E-state index is 11.9. The number of H-pyrrole nitrogens is 1. The third-order valence-electron chi connectivity index (χ3n) is 1.86. The molecule has 2 aromatic rings. The van der Waals surface area contributed by atoms with Crippen LogP contribution in [0.1, 0.15) is 10.4 Å². The molecule has 0 aliphatic carbocycles. The number of aromatic amines is 1. The molecule has 0 aliphatic rings. The van der Waals surface area contributed by atoms with Crippen molar-refractivity contribution in [2.24, 2.45) is 0 Å². The Morgan fingerprint density at radius 3 is 3.00 bits per heavy atom. The van der Waals surface area contributed by atoms with Crippen molar-refractivity contribution in [1.82, 2.24) is 20.6 Å². The van der Waals surface area contributed by atoms with Gasteiger partial charge in [-0.05, 0) is 22.6 Å². The van der Waals surface area contributed by atoms with Crippen LogP contribution < -0.4 is 5.32 Å². The number of hydrogen-bond acceptors (Lipinski definition) is 8. The molecule has 0 bridgehead atoms. The van der Waals surface area contributed by atoms with E-state index in [1.54, 1.807) is 24.3 Å². The van der Waals surface area contributed by atoms with Gasteiger partial charge in [0, 0.05) is 0 Å². The third kappa shape index (κ3) is 3.01. The highest BCUT2D eigenvalue weighted by Gasteiger charge is 2.13. The van der Waals surface area contributed by atoms with Crippen molar-refractivity contribution in [1.29, 1.82) is 0 Å². The number of benzene rings is 1. The number of tetrazole rings is 1. The largest absolute Gasteiger partial charge is 0.289 e. The van der Waals surface area contributed by atoms with Crippen LogP contribution >= 0.6 is 12.0 Å². The molecule has 18 heavy (non-hydrogen) atoms. The fourth-order valence-corrected chi connectivity index (χ4v) is 1.65. The molecule has 0 saturated heterocycles. The van der Waals surface area contributed by atoms with Crippen LogP contribution in [0.5, 0.6) is 0 Å². The van der Waals surface area contributed by atoms with E-state index in [1.165, 1.54) is 0 Å². The van der Waals surface area contributed by atoms with Gasteiger partial charge in [-0.25, -0.2) is 10.4 Å². The molecule has 3 N–H and O–H groups in total. The first-order chi connectivity index (χ1) is 8.81. The number of anilines is 1. The van der Waals surface area contributed by atoms with Gasteiger partial charge in [0.2, 0.25) is 5.95 Å². The Hall–Kier alpha value is -2.01. The van der Waals surface area contributed by atoms with E-state index in [0.29, 0.717) is 22.5 Å². The highest BCUT2D eigenvalue weighted by atomic mass is 32.2.